The smallest absolute Gasteiger partial charge is 0.242 e. The molecule has 0 aliphatic heterocycles. The molecule has 2 amide bonds. The summed E-state index contributed by atoms with van der Waals surface area (Å²) in [5, 5.41) is 4.28. The minimum absolute atomic E-state index is 0.0667. The maximum atomic E-state index is 13.1. The topological polar surface area (TPSA) is 49.4 Å². The van der Waals surface area contributed by atoms with Gasteiger partial charge >= 0.3 is 0 Å². The van der Waals surface area contributed by atoms with E-state index in [1.165, 1.54) is 0 Å². The number of hydrogen-bond acceptors (Lipinski definition) is 3. The van der Waals surface area contributed by atoms with Gasteiger partial charge in [-0.25, -0.2) is 0 Å². The molecule has 0 saturated heterocycles. The Kier molecular flexibility index (Phi) is 9.08. The molecule has 2 rings (SSSR count). The number of carbonyl (C=O) groups excluding carboxylic acids is 2. The molecular formula is C23H28Cl2N2O2S. The summed E-state index contributed by atoms with van der Waals surface area (Å²) in [6.07, 6.45) is 0.327. The zero-order valence-electron chi connectivity index (χ0n) is 17.7. The SMILES string of the molecule is CC(C(=O)NC(C)(C)C)N(Cc1ccc(Cl)cc1)C(=O)CCSc1ccc(Cl)cc1. The highest BCUT2D eigenvalue weighted by Gasteiger charge is 2.28. The summed E-state index contributed by atoms with van der Waals surface area (Å²) < 4.78 is 0. The number of nitrogens with zero attached hydrogens (tertiary/aromatic N) is 1. The Balaban J connectivity index is 2.08. The van der Waals surface area contributed by atoms with Crippen LogP contribution in [0.4, 0.5) is 0 Å². The van der Waals surface area contributed by atoms with Crippen molar-refractivity contribution in [3.8, 4) is 0 Å². The molecule has 1 unspecified atom stereocenters. The van der Waals surface area contributed by atoms with Crippen molar-refractivity contribution in [3.63, 3.8) is 0 Å². The van der Waals surface area contributed by atoms with Crippen LogP contribution in [0.15, 0.2) is 53.4 Å². The molecule has 0 saturated carbocycles. The van der Waals surface area contributed by atoms with Crippen molar-refractivity contribution >= 4 is 46.8 Å². The minimum atomic E-state index is -0.590. The van der Waals surface area contributed by atoms with E-state index >= 15 is 0 Å². The second-order valence-corrected chi connectivity index (χ2v) is 10.2. The van der Waals surface area contributed by atoms with E-state index < -0.39 is 6.04 Å². The average molecular weight is 467 g/mol. The molecule has 0 bridgehead atoms. The Morgan fingerprint density at radius 2 is 1.53 bits per heavy atom. The van der Waals surface area contributed by atoms with Gasteiger partial charge < -0.3 is 10.2 Å². The predicted octanol–water partition coefficient (Wildman–Crippen LogP) is 5.81. The van der Waals surface area contributed by atoms with Crippen molar-refractivity contribution in [1.29, 1.82) is 0 Å². The van der Waals surface area contributed by atoms with Crippen molar-refractivity contribution in [2.75, 3.05) is 5.75 Å². The number of thioether (sulfide) groups is 1. The first kappa shape index (κ1) is 24.6. The summed E-state index contributed by atoms with van der Waals surface area (Å²) in [6.45, 7) is 7.88. The number of carbonyl (C=O) groups is 2. The average Bonchev–Trinajstić information content (AvgIpc) is 2.67. The molecule has 2 aromatic carbocycles. The molecule has 0 aliphatic carbocycles. The summed E-state index contributed by atoms with van der Waals surface area (Å²) in [7, 11) is 0. The Morgan fingerprint density at radius 3 is 2.07 bits per heavy atom. The highest BCUT2D eigenvalue weighted by molar-refractivity contribution is 7.99. The molecule has 0 spiro atoms. The fourth-order valence-corrected chi connectivity index (χ4v) is 3.87. The molecule has 2 aromatic rings. The highest BCUT2D eigenvalue weighted by atomic mass is 35.5. The third kappa shape index (κ3) is 8.21. The highest BCUT2D eigenvalue weighted by Crippen LogP contribution is 2.22. The maximum Gasteiger partial charge on any atom is 0.242 e. The minimum Gasteiger partial charge on any atom is -0.350 e. The van der Waals surface area contributed by atoms with Gasteiger partial charge in [0.25, 0.3) is 0 Å². The van der Waals surface area contributed by atoms with E-state index in [0.29, 0.717) is 28.8 Å². The van der Waals surface area contributed by atoms with E-state index in [1.54, 1.807) is 35.7 Å². The Hall–Kier alpha value is -1.69. The lowest BCUT2D eigenvalue weighted by Crippen LogP contribution is -2.52. The quantitative estimate of drug-likeness (QED) is 0.499. The van der Waals surface area contributed by atoms with Crippen molar-refractivity contribution in [3.05, 3.63) is 64.1 Å². The van der Waals surface area contributed by atoms with Gasteiger partial charge in [-0.05, 0) is 69.7 Å². The predicted molar refractivity (Wildman–Crippen MR) is 126 cm³/mol. The zero-order valence-corrected chi connectivity index (χ0v) is 20.1. The molecule has 1 N–H and O–H groups in total. The number of rotatable bonds is 8. The van der Waals surface area contributed by atoms with E-state index in [2.05, 4.69) is 5.32 Å². The van der Waals surface area contributed by atoms with Crippen molar-refractivity contribution in [2.45, 2.75) is 57.1 Å². The molecule has 0 aliphatic rings. The molecule has 4 nitrogen and oxygen atoms in total. The number of hydrogen-bond donors (Lipinski definition) is 1. The van der Waals surface area contributed by atoms with Crippen molar-refractivity contribution < 1.29 is 9.59 Å². The lowest BCUT2D eigenvalue weighted by atomic mass is 10.1. The van der Waals surface area contributed by atoms with Crippen LogP contribution < -0.4 is 5.32 Å². The standard InChI is InChI=1S/C23H28Cl2N2O2S/c1-16(22(29)26-23(2,3)4)27(15-17-5-7-18(24)8-6-17)21(28)13-14-30-20-11-9-19(25)10-12-20/h5-12,16H,13-15H2,1-4H3,(H,26,29). The third-order valence-corrected chi connectivity index (χ3v) is 5.85. The molecule has 0 aromatic heterocycles. The molecule has 0 heterocycles. The maximum absolute atomic E-state index is 13.1. The van der Waals surface area contributed by atoms with Crippen LogP contribution in [0, 0.1) is 0 Å². The van der Waals surface area contributed by atoms with E-state index in [0.717, 1.165) is 10.5 Å². The van der Waals surface area contributed by atoms with Crippen LogP contribution in [-0.2, 0) is 16.1 Å². The van der Waals surface area contributed by atoms with Gasteiger partial charge in [0.15, 0.2) is 0 Å². The van der Waals surface area contributed by atoms with Crippen LogP contribution in [0.1, 0.15) is 39.7 Å². The molecular weight excluding hydrogens is 439 g/mol. The van der Waals surface area contributed by atoms with Crippen LogP contribution in [0.2, 0.25) is 10.0 Å². The Morgan fingerprint density at radius 1 is 1.00 bits per heavy atom. The summed E-state index contributed by atoms with van der Waals surface area (Å²) in [6, 6.07) is 14.3. The first-order valence-electron chi connectivity index (χ1n) is 9.79. The second kappa shape index (κ2) is 11.1. The lowest BCUT2D eigenvalue weighted by molar-refractivity contribution is -0.140. The number of nitrogens with one attached hydrogen (secondary N) is 1. The van der Waals surface area contributed by atoms with E-state index in [9.17, 15) is 9.59 Å². The molecule has 7 heteroatoms. The van der Waals surface area contributed by atoms with Crippen LogP contribution in [-0.4, -0.2) is 34.0 Å². The van der Waals surface area contributed by atoms with Crippen LogP contribution in [0.3, 0.4) is 0 Å². The van der Waals surface area contributed by atoms with Gasteiger partial charge in [0.05, 0.1) is 0 Å². The fraction of sp³-hybridized carbons (Fsp3) is 0.391. The summed E-state index contributed by atoms with van der Waals surface area (Å²) >= 11 is 13.5. The van der Waals surface area contributed by atoms with Crippen molar-refractivity contribution in [2.24, 2.45) is 0 Å². The summed E-state index contributed by atoms with van der Waals surface area (Å²) in [4.78, 5) is 28.5. The van der Waals surface area contributed by atoms with E-state index in [-0.39, 0.29) is 17.4 Å². The first-order valence-corrected chi connectivity index (χ1v) is 11.5. The van der Waals surface area contributed by atoms with Gasteiger partial charge in [-0.3, -0.25) is 9.59 Å². The van der Waals surface area contributed by atoms with Gasteiger partial charge in [0.1, 0.15) is 6.04 Å². The van der Waals surface area contributed by atoms with Gasteiger partial charge in [-0.2, -0.15) is 0 Å². The van der Waals surface area contributed by atoms with Gasteiger partial charge in [-0.15, -0.1) is 11.8 Å². The zero-order chi connectivity index (χ0) is 22.3. The lowest BCUT2D eigenvalue weighted by Gasteiger charge is -2.31. The normalized spacial score (nSPS) is 12.3. The summed E-state index contributed by atoms with van der Waals surface area (Å²) in [5.41, 5.74) is 0.554. The Labute approximate surface area is 193 Å². The van der Waals surface area contributed by atoms with Gasteiger partial charge in [0.2, 0.25) is 11.8 Å². The van der Waals surface area contributed by atoms with Crippen LogP contribution in [0.5, 0.6) is 0 Å². The molecule has 0 radical (unpaired) electrons. The van der Waals surface area contributed by atoms with Crippen molar-refractivity contribution in [1.82, 2.24) is 10.2 Å². The largest absolute Gasteiger partial charge is 0.350 e. The molecule has 0 fully saturated rings. The molecule has 30 heavy (non-hydrogen) atoms. The first-order chi connectivity index (χ1) is 14.0. The number of amides is 2. The fourth-order valence-electron chi connectivity index (χ4n) is 2.77. The van der Waals surface area contributed by atoms with Gasteiger partial charge in [-0.1, -0.05) is 35.3 Å². The van der Waals surface area contributed by atoms with Gasteiger partial charge in [0, 0.05) is 39.2 Å². The monoisotopic (exact) mass is 466 g/mol. The number of benzene rings is 2. The van der Waals surface area contributed by atoms with Crippen LogP contribution in [0.25, 0.3) is 0 Å². The van der Waals surface area contributed by atoms with Crippen LogP contribution >= 0.6 is 35.0 Å². The summed E-state index contributed by atoms with van der Waals surface area (Å²) in [5.74, 6) is 0.378. The molecule has 1 atom stereocenters. The Bertz CT molecular complexity index is 849. The molecule has 162 valence electrons. The second-order valence-electron chi connectivity index (χ2n) is 8.12. The number of halogens is 2. The van der Waals surface area contributed by atoms with E-state index in [1.807, 2.05) is 57.2 Å². The third-order valence-electron chi connectivity index (χ3n) is 4.33. The van der Waals surface area contributed by atoms with E-state index in [4.69, 9.17) is 23.2 Å².